The Kier molecular flexibility index (Phi) is 1.98. The van der Waals surface area contributed by atoms with Gasteiger partial charge in [0.25, 0.3) is 0 Å². The fraction of sp³-hybridized carbons (Fsp3) is 0.143. The van der Waals surface area contributed by atoms with Gasteiger partial charge in [0.1, 0.15) is 24.7 Å². The second-order valence-corrected chi connectivity index (χ2v) is 2.46. The molecule has 2 N–H and O–H groups in total. The number of nitrogens with zero attached hydrogens (tertiary/aromatic N) is 5. The Morgan fingerprint density at radius 3 is 2.86 bits per heavy atom. The fourth-order valence-electron chi connectivity index (χ4n) is 1.03. The fourth-order valence-corrected chi connectivity index (χ4v) is 1.03. The highest BCUT2D eigenvalue weighted by Crippen LogP contribution is 2.21. The van der Waals surface area contributed by atoms with Crippen LogP contribution in [0.25, 0.3) is 5.82 Å². The maximum atomic E-state index is 5.75. The second-order valence-electron chi connectivity index (χ2n) is 2.46. The van der Waals surface area contributed by atoms with Gasteiger partial charge < -0.3 is 10.5 Å². The minimum Gasteiger partial charge on any atom is -0.479 e. The molecule has 2 aromatic rings. The van der Waals surface area contributed by atoms with E-state index in [-0.39, 0.29) is 0 Å². The molecular weight excluding hydrogens is 184 g/mol. The number of methoxy groups -OCH3 is 1. The van der Waals surface area contributed by atoms with Gasteiger partial charge >= 0.3 is 0 Å². The van der Waals surface area contributed by atoms with Crippen LogP contribution in [0.2, 0.25) is 0 Å². The Labute approximate surface area is 79.6 Å². The van der Waals surface area contributed by atoms with Gasteiger partial charge in [-0.1, -0.05) is 0 Å². The zero-order valence-corrected chi connectivity index (χ0v) is 7.45. The lowest BCUT2D eigenvalue weighted by Gasteiger charge is -2.06. The van der Waals surface area contributed by atoms with E-state index >= 15 is 0 Å². The average molecular weight is 192 g/mol. The average Bonchev–Trinajstić information content (AvgIpc) is 2.71. The summed E-state index contributed by atoms with van der Waals surface area (Å²) in [6.45, 7) is 0. The van der Waals surface area contributed by atoms with Crippen LogP contribution in [0, 0.1) is 0 Å². The van der Waals surface area contributed by atoms with Crippen LogP contribution >= 0.6 is 0 Å². The lowest BCUT2D eigenvalue weighted by atomic mass is 10.4. The van der Waals surface area contributed by atoms with Crippen molar-refractivity contribution in [1.82, 2.24) is 24.7 Å². The Balaban J connectivity index is 2.54. The lowest BCUT2D eigenvalue weighted by Crippen LogP contribution is -2.06. The number of hydrogen-bond donors (Lipinski definition) is 1. The Morgan fingerprint density at radius 2 is 2.21 bits per heavy atom. The van der Waals surface area contributed by atoms with Crippen LogP contribution in [0.1, 0.15) is 0 Å². The minimum atomic E-state index is 0.325. The topological polar surface area (TPSA) is 91.7 Å². The van der Waals surface area contributed by atoms with Gasteiger partial charge in [0.15, 0.2) is 5.82 Å². The van der Waals surface area contributed by atoms with E-state index in [4.69, 9.17) is 10.5 Å². The number of hydrogen-bond acceptors (Lipinski definition) is 6. The predicted molar refractivity (Wildman–Crippen MR) is 47.9 cm³/mol. The van der Waals surface area contributed by atoms with E-state index in [1.165, 1.54) is 30.8 Å². The SMILES string of the molecule is COc1ncnc(-n2cncn2)c1N. The van der Waals surface area contributed by atoms with E-state index < -0.39 is 0 Å². The third kappa shape index (κ3) is 1.24. The molecule has 0 saturated heterocycles. The first kappa shape index (κ1) is 8.42. The third-order valence-corrected chi connectivity index (χ3v) is 1.66. The summed E-state index contributed by atoms with van der Waals surface area (Å²) in [5.74, 6) is 0.778. The monoisotopic (exact) mass is 192 g/mol. The molecule has 0 bridgehead atoms. The van der Waals surface area contributed by atoms with E-state index in [2.05, 4.69) is 20.1 Å². The highest BCUT2D eigenvalue weighted by atomic mass is 16.5. The molecule has 2 aromatic heterocycles. The van der Waals surface area contributed by atoms with Gasteiger partial charge in [0.05, 0.1) is 7.11 Å². The molecule has 0 aliphatic rings. The first-order chi connectivity index (χ1) is 6.83. The summed E-state index contributed by atoms with van der Waals surface area (Å²) < 4.78 is 6.39. The molecule has 2 heterocycles. The van der Waals surface area contributed by atoms with Gasteiger partial charge in [-0.2, -0.15) is 10.1 Å². The summed E-state index contributed by atoms with van der Waals surface area (Å²) in [6, 6.07) is 0. The lowest BCUT2D eigenvalue weighted by molar-refractivity contribution is 0.399. The van der Waals surface area contributed by atoms with Gasteiger partial charge in [0.2, 0.25) is 5.88 Å². The van der Waals surface area contributed by atoms with E-state index in [1.807, 2.05) is 0 Å². The van der Waals surface area contributed by atoms with E-state index in [1.54, 1.807) is 0 Å². The van der Waals surface area contributed by atoms with Crippen LogP contribution in [-0.2, 0) is 0 Å². The second kappa shape index (κ2) is 3.29. The number of nitrogens with two attached hydrogens (primary N) is 1. The summed E-state index contributed by atoms with van der Waals surface area (Å²) >= 11 is 0. The molecule has 7 heteroatoms. The molecule has 0 spiro atoms. The molecule has 14 heavy (non-hydrogen) atoms. The number of nitrogen functional groups attached to an aromatic ring is 1. The number of aromatic nitrogens is 5. The van der Waals surface area contributed by atoms with Gasteiger partial charge in [-0.15, -0.1) is 0 Å². The van der Waals surface area contributed by atoms with Crippen molar-refractivity contribution in [2.45, 2.75) is 0 Å². The van der Waals surface area contributed by atoms with Crippen LogP contribution in [0.3, 0.4) is 0 Å². The van der Waals surface area contributed by atoms with Crippen molar-refractivity contribution in [3.05, 3.63) is 19.0 Å². The van der Waals surface area contributed by atoms with Crippen LogP contribution in [0.15, 0.2) is 19.0 Å². The number of ether oxygens (including phenoxy) is 1. The van der Waals surface area contributed by atoms with Crippen LogP contribution < -0.4 is 10.5 Å². The Bertz CT molecular complexity index is 426. The standard InChI is InChI=1S/C7H8N6O/c1-14-7-5(8)6(10-3-11-7)13-4-9-2-12-13/h2-4H,8H2,1H3. The smallest absolute Gasteiger partial charge is 0.242 e. The summed E-state index contributed by atoms with van der Waals surface area (Å²) in [7, 11) is 1.49. The Hall–Kier alpha value is -2.18. The van der Waals surface area contributed by atoms with Gasteiger partial charge in [0, 0.05) is 0 Å². The quantitative estimate of drug-likeness (QED) is 0.699. The predicted octanol–water partition coefficient (Wildman–Crippen LogP) is -0.352. The summed E-state index contributed by atoms with van der Waals surface area (Å²) in [6.07, 6.45) is 4.25. The summed E-state index contributed by atoms with van der Waals surface area (Å²) in [4.78, 5) is 11.6. The molecule has 0 aliphatic heterocycles. The molecule has 72 valence electrons. The van der Waals surface area contributed by atoms with Crippen LogP contribution in [-0.4, -0.2) is 31.8 Å². The van der Waals surface area contributed by atoms with Gasteiger partial charge in [-0.05, 0) is 0 Å². The van der Waals surface area contributed by atoms with Gasteiger partial charge in [-0.3, -0.25) is 0 Å². The molecule has 0 aliphatic carbocycles. The van der Waals surface area contributed by atoms with Crippen molar-refractivity contribution in [3.8, 4) is 11.7 Å². The molecule has 0 atom stereocenters. The van der Waals surface area contributed by atoms with E-state index in [0.717, 1.165) is 0 Å². The molecule has 0 radical (unpaired) electrons. The van der Waals surface area contributed by atoms with Crippen molar-refractivity contribution < 1.29 is 4.74 Å². The van der Waals surface area contributed by atoms with Crippen molar-refractivity contribution >= 4 is 5.69 Å². The highest BCUT2D eigenvalue weighted by Gasteiger charge is 2.09. The van der Waals surface area contributed by atoms with Crippen molar-refractivity contribution in [2.24, 2.45) is 0 Å². The first-order valence-electron chi connectivity index (χ1n) is 3.82. The Morgan fingerprint density at radius 1 is 1.36 bits per heavy atom. The maximum Gasteiger partial charge on any atom is 0.242 e. The molecule has 0 saturated carbocycles. The molecular formula is C7H8N6O. The first-order valence-corrected chi connectivity index (χ1v) is 3.82. The molecule has 0 unspecified atom stereocenters. The van der Waals surface area contributed by atoms with Crippen molar-refractivity contribution in [3.63, 3.8) is 0 Å². The zero-order chi connectivity index (χ0) is 9.97. The summed E-state index contributed by atoms with van der Waals surface area (Å²) in [5, 5.41) is 3.90. The molecule has 0 aromatic carbocycles. The maximum absolute atomic E-state index is 5.75. The number of rotatable bonds is 2. The molecule has 7 nitrogen and oxygen atoms in total. The molecule has 0 fully saturated rings. The van der Waals surface area contributed by atoms with Crippen molar-refractivity contribution in [1.29, 1.82) is 0 Å². The number of anilines is 1. The van der Waals surface area contributed by atoms with Gasteiger partial charge in [-0.25, -0.2) is 14.6 Å². The van der Waals surface area contributed by atoms with Crippen LogP contribution in [0.5, 0.6) is 5.88 Å². The largest absolute Gasteiger partial charge is 0.479 e. The van der Waals surface area contributed by atoms with E-state index in [9.17, 15) is 0 Å². The summed E-state index contributed by atoms with van der Waals surface area (Å²) in [5.41, 5.74) is 6.08. The van der Waals surface area contributed by atoms with Crippen LogP contribution in [0.4, 0.5) is 5.69 Å². The highest BCUT2D eigenvalue weighted by molar-refractivity contribution is 5.59. The third-order valence-electron chi connectivity index (χ3n) is 1.66. The molecule has 2 rings (SSSR count). The molecule has 0 amide bonds. The minimum absolute atomic E-state index is 0.325. The van der Waals surface area contributed by atoms with E-state index in [0.29, 0.717) is 17.4 Å². The normalized spacial score (nSPS) is 10.1. The zero-order valence-electron chi connectivity index (χ0n) is 7.45. The van der Waals surface area contributed by atoms with Crippen molar-refractivity contribution in [2.75, 3.05) is 12.8 Å².